The van der Waals surface area contributed by atoms with Crippen LogP contribution in [0.15, 0.2) is 52.3 Å². The first kappa shape index (κ1) is 29.2. The van der Waals surface area contributed by atoms with Gasteiger partial charge in [-0.05, 0) is 70.0 Å². The Bertz CT molecular complexity index is 1810. The highest BCUT2D eigenvalue weighted by Crippen LogP contribution is 2.45. The van der Waals surface area contributed by atoms with Crippen molar-refractivity contribution in [3.05, 3.63) is 79.6 Å². The SMILES string of the molecule is CN1C[C@@H](N2CCCc3cc(C#N)cc(-c4ccnc5cc(Cn6c(=O)ccn(C)c6=O)sc45)c32)CC1(C)C.O=CO. The van der Waals surface area contributed by atoms with Crippen LogP contribution in [0.4, 0.5) is 5.69 Å². The molecule has 0 radical (unpaired) electrons. The number of likely N-dealkylation sites (N-methyl/N-ethyl adjacent to an activating group) is 1. The van der Waals surface area contributed by atoms with Crippen LogP contribution in [0.1, 0.15) is 42.7 Å². The largest absolute Gasteiger partial charge is 0.483 e. The van der Waals surface area contributed by atoms with Gasteiger partial charge in [0.05, 0.1) is 28.4 Å². The number of nitriles is 1. The van der Waals surface area contributed by atoms with Crippen LogP contribution in [0, 0.1) is 11.3 Å². The van der Waals surface area contributed by atoms with E-state index in [1.54, 1.807) is 18.4 Å². The van der Waals surface area contributed by atoms with Crippen LogP contribution in [0.25, 0.3) is 21.3 Å². The van der Waals surface area contributed by atoms with Crippen molar-refractivity contribution in [2.75, 3.05) is 25.0 Å². The summed E-state index contributed by atoms with van der Waals surface area (Å²) in [5, 5.41) is 16.8. The molecule has 0 unspecified atom stereocenters. The van der Waals surface area contributed by atoms with Gasteiger partial charge in [-0.2, -0.15) is 5.26 Å². The fourth-order valence-electron chi connectivity index (χ4n) is 6.17. The molecule has 1 saturated heterocycles. The van der Waals surface area contributed by atoms with Crippen molar-refractivity contribution < 1.29 is 9.90 Å². The van der Waals surface area contributed by atoms with Gasteiger partial charge >= 0.3 is 5.69 Å². The maximum atomic E-state index is 12.6. The molecule has 0 aliphatic carbocycles. The fourth-order valence-corrected chi connectivity index (χ4v) is 7.30. The molecule has 4 aromatic rings. The molecule has 11 heteroatoms. The van der Waals surface area contributed by atoms with E-state index in [1.807, 2.05) is 24.4 Å². The molecule has 2 aliphatic heterocycles. The molecule has 1 aromatic carbocycles. The van der Waals surface area contributed by atoms with E-state index in [1.165, 1.54) is 32.6 Å². The van der Waals surface area contributed by atoms with Gasteiger partial charge in [0, 0.05) is 71.9 Å². The topological polar surface area (TPSA) is 124 Å². The average molecular weight is 587 g/mol. The highest BCUT2D eigenvalue weighted by atomic mass is 32.1. The molecule has 0 spiro atoms. The number of benzene rings is 1. The van der Waals surface area contributed by atoms with E-state index in [2.05, 4.69) is 47.8 Å². The Labute approximate surface area is 247 Å². The summed E-state index contributed by atoms with van der Waals surface area (Å²) in [5.74, 6) is 0. The van der Waals surface area contributed by atoms with Crippen LogP contribution in [-0.2, 0) is 24.8 Å². The van der Waals surface area contributed by atoms with Crippen LogP contribution < -0.4 is 16.1 Å². The van der Waals surface area contributed by atoms with Crippen molar-refractivity contribution >= 4 is 33.7 Å². The number of thiophene rings is 1. The summed E-state index contributed by atoms with van der Waals surface area (Å²) >= 11 is 1.55. The van der Waals surface area contributed by atoms with Crippen molar-refractivity contribution in [2.45, 2.75) is 51.2 Å². The van der Waals surface area contributed by atoms with E-state index in [0.717, 1.165) is 58.6 Å². The van der Waals surface area contributed by atoms with E-state index in [-0.39, 0.29) is 29.8 Å². The number of rotatable bonds is 4. The Morgan fingerprint density at radius 1 is 1.19 bits per heavy atom. The first-order chi connectivity index (χ1) is 20.1. The zero-order valence-corrected chi connectivity index (χ0v) is 25.0. The molecule has 0 bridgehead atoms. The van der Waals surface area contributed by atoms with Gasteiger partial charge in [-0.1, -0.05) is 0 Å². The standard InChI is InChI=1S/C30H32N6O2S.CH2O2/c1-30(2)15-21(17-34(30)4)35-10-5-6-20-12-19(16-31)13-24(27(20)35)23-7-9-32-25-14-22(39-28(23)25)18-36-26(37)8-11-33(3)29(36)38;2-1-3/h7-9,11-14,21H,5-6,10,15,17-18H2,1-4H3;1H,(H,2,3)/t21-;/m0./s1. The number of anilines is 1. The monoisotopic (exact) mass is 586 g/mol. The number of aromatic nitrogens is 3. The highest BCUT2D eigenvalue weighted by molar-refractivity contribution is 7.19. The van der Waals surface area contributed by atoms with E-state index >= 15 is 0 Å². The number of hydrogen-bond donors (Lipinski definition) is 1. The minimum absolute atomic E-state index is 0.133. The molecule has 0 amide bonds. The number of fused-ring (bicyclic) bond motifs is 2. The second-order valence-electron chi connectivity index (χ2n) is 11.5. The molecule has 42 heavy (non-hydrogen) atoms. The van der Waals surface area contributed by atoms with Crippen LogP contribution in [-0.4, -0.2) is 62.3 Å². The lowest BCUT2D eigenvalue weighted by Gasteiger charge is -2.38. The summed E-state index contributed by atoms with van der Waals surface area (Å²) in [7, 11) is 3.85. The molecule has 10 nitrogen and oxygen atoms in total. The number of aryl methyl sites for hydroxylation is 2. The summed E-state index contributed by atoms with van der Waals surface area (Å²) in [6.07, 6.45) is 6.40. The van der Waals surface area contributed by atoms with E-state index < -0.39 is 0 Å². The average Bonchev–Trinajstić information content (AvgIpc) is 3.51. The predicted molar refractivity (Wildman–Crippen MR) is 164 cm³/mol. The van der Waals surface area contributed by atoms with Gasteiger partial charge in [0.25, 0.3) is 12.0 Å². The molecule has 0 saturated carbocycles. The maximum Gasteiger partial charge on any atom is 0.331 e. The predicted octanol–water partition coefficient (Wildman–Crippen LogP) is 3.68. The summed E-state index contributed by atoms with van der Waals surface area (Å²) < 4.78 is 3.66. The van der Waals surface area contributed by atoms with Gasteiger partial charge in [0.2, 0.25) is 0 Å². The zero-order valence-electron chi connectivity index (χ0n) is 24.2. The maximum absolute atomic E-state index is 12.6. The molecular formula is C31H34N6O4S. The lowest BCUT2D eigenvalue weighted by atomic mass is 9.90. The molecule has 1 fully saturated rings. The normalized spacial score (nSPS) is 17.8. The Hall–Kier alpha value is -4.27. The molecular weight excluding hydrogens is 552 g/mol. The Balaban J connectivity index is 0.00000113. The number of likely N-dealkylation sites (tertiary alicyclic amines) is 1. The van der Waals surface area contributed by atoms with Gasteiger partial charge in [0.15, 0.2) is 0 Å². The van der Waals surface area contributed by atoms with Crippen LogP contribution in [0.5, 0.6) is 0 Å². The van der Waals surface area contributed by atoms with Gasteiger partial charge < -0.3 is 14.6 Å². The summed E-state index contributed by atoms with van der Waals surface area (Å²) in [4.78, 5) is 44.0. The second kappa shape index (κ2) is 11.5. The Morgan fingerprint density at radius 3 is 2.64 bits per heavy atom. The van der Waals surface area contributed by atoms with Crippen LogP contribution in [0.3, 0.4) is 0 Å². The lowest BCUT2D eigenvalue weighted by molar-refractivity contribution is -0.122. The number of carboxylic acid groups (broad SMARTS) is 1. The summed E-state index contributed by atoms with van der Waals surface area (Å²) in [6, 6.07) is 12.3. The summed E-state index contributed by atoms with van der Waals surface area (Å²) in [6.45, 7) is 6.55. The molecule has 1 N–H and O–H groups in total. The van der Waals surface area contributed by atoms with Crippen molar-refractivity contribution in [2.24, 2.45) is 7.05 Å². The number of pyridine rings is 1. The first-order valence-electron chi connectivity index (χ1n) is 13.8. The van der Waals surface area contributed by atoms with E-state index in [4.69, 9.17) is 9.90 Å². The van der Waals surface area contributed by atoms with E-state index in [0.29, 0.717) is 11.6 Å². The van der Waals surface area contributed by atoms with Gasteiger partial charge in [0.1, 0.15) is 0 Å². The van der Waals surface area contributed by atoms with Crippen molar-refractivity contribution in [3.63, 3.8) is 0 Å². The zero-order chi connectivity index (χ0) is 30.2. The van der Waals surface area contributed by atoms with Crippen molar-refractivity contribution in [3.8, 4) is 17.2 Å². The number of hydrogen-bond acceptors (Lipinski definition) is 8. The van der Waals surface area contributed by atoms with E-state index in [9.17, 15) is 14.9 Å². The van der Waals surface area contributed by atoms with Gasteiger partial charge in [-0.3, -0.25) is 24.0 Å². The molecule has 218 valence electrons. The third-order valence-corrected chi connectivity index (χ3v) is 9.59. The smallest absolute Gasteiger partial charge is 0.331 e. The van der Waals surface area contributed by atoms with Crippen LogP contribution in [0.2, 0.25) is 0 Å². The highest BCUT2D eigenvalue weighted by Gasteiger charge is 2.40. The van der Waals surface area contributed by atoms with Gasteiger partial charge in [-0.15, -0.1) is 11.3 Å². The molecule has 6 rings (SSSR count). The minimum Gasteiger partial charge on any atom is -0.483 e. The Kier molecular flexibility index (Phi) is 8.03. The lowest BCUT2D eigenvalue weighted by Crippen LogP contribution is -2.41. The quantitative estimate of drug-likeness (QED) is 0.359. The second-order valence-corrected chi connectivity index (χ2v) is 12.7. The summed E-state index contributed by atoms with van der Waals surface area (Å²) in [5.41, 5.74) is 5.51. The Morgan fingerprint density at radius 2 is 1.95 bits per heavy atom. The van der Waals surface area contributed by atoms with Crippen molar-refractivity contribution in [1.29, 1.82) is 5.26 Å². The first-order valence-corrected chi connectivity index (χ1v) is 14.7. The van der Waals surface area contributed by atoms with Crippen molar-refractivity contribution in [1.82, 2.24) is 19.0 Å². The molecule has 5 heterocycles. The molecule has 1 atom stereocenters. The van der Waals surface area contributed by atoms with Gasteiger partial charge in [-0.25, -0.2) is 4.79 Å². The molecule has 3 aromatic heterocycles. The van der Waals surface area contributed by atoms with Crippen LogP contribution >= 0.6 is 11.3 Å². The number of carbonyl (C=O) groups is 1. The third-order valence-electron chi connectivity index (χ3n) is 8.45. The fraction of sp³-hybridized carbons (Fsp3) is 0.387. The third kappa shape index (κ3) is 5.35. The minimum atomic E-state index is -0.343. The number of nitrogens with zero attached hydrogens (tertiary/aromatic N) is 6. The molecule has 2 aliphatic rings.